The van der Waals surface area contributed by atoms with Crippen LogP contribution >= 0.6 is 11.8 Å². The van der Waals surface area contributed by atoms with E-state index >= 15 is 0 Å². The summed E-state index contributed by atoms with van der Waals surface area (Å²) in [5.41, 5.74) is 0.335. The summed E-state index contributed by atoms with van der Waals surface area (Å²) in [5.74, 6) is 0.582. The van der Waals surface area contributed by atoms with E-state index in [1.165, 1.54) is 18.6 Å². The Kier molecular flexibility index (Phi) is 5.32. The Balaban J connectivity index is 2.10. The van der Waals surface area contributed by atoms with Crippen molar-refractivity contribution in [2.45, 2.75) is 56.6 Å². The van der Waals surface area contributed by atoms with E-state index in [0.29, 0.717) is 16.6 Å². The third kappa shape index (κ3) is 4.01. The maximum Gasteiger partial charge on any atom is 0.123 e. The zero-order valence-corrected chi connectivity index (χ0v) is 13.9. The second-order valence-corrected chi connectivity index (χ2v) is 8.01. The van der Waals surface area contributed by atoms with Gasteiger partial charge in [-0.3, -0.25) is 0 Å². The smallest absolute Gasteiger partial charge is 0.123 e. The minimum Gasteiger partial charge on any atom is -0.207 e. The maximum atomic E-state index is 13.0. The maximum absolute atomic E-state index is 13.0. The van der Waals surface area contributed by atoms with Crippen LogP contribution in [0.25, 0.3) is 0 Å². The molecule has 1 aromatic rings. The first-order valence-electron chi connectivity index (χ1n) is 7.78. The van der Waals surface area contributed by atoms with Gasteiger partial charge in [0.05, 0.1) is 12.0 Å². The number of rotatable bonds is 4. The van der Waals surface area contributed by atoms with Gasteiger partial charge in [0.1, 0.15) is 5.82 Å². The van der Waals surface area contributed by atoms with Crippen molar-refractivity contribution in [3.05, 3.63) is 30.1 Å². The Morgan fingerprint density at radius 1 is 1.29 bits per heavy atom. The highest BCUT2D eigenvalue weighted by molar-refractivity contribution is 8.00. The normalized spacial score (nSPS) is 26.3. The summed E-state index contributed by atoms with van der Waals surface area (Å²) in [4.78, 5) is 1.07. The van der Waals surface area contributed by atoms with E-state index in [1.807, 2.05) is 12.1 Å². The van der Waals surface area contributed by atoms with Gasteiger partial charge in [-0.2, -0.15) is 5.26 Å². The molecule has 1 aliphatic carbocycles. The van der Waals surface area contributed by atoms with Crippen molar-refractivity contribution in [1.82, 2.24) is 0 Å². The molecular formula is C18H24FNS. The molecule has 0 spiro atoms. The fourth-order valence-electron chi connectivity index (χ4n) is 3.09. The van der Waals surface area contributed by atoms with Crippen LogP contribution in [0.4, 0.5) is 4.39 Å². The van der Waals surface area contributed by atoms with Gasteiger partial charge in [-0.15, -0.1) is 11.8 Å². The number of nitriles is 1. The van der Waals surface area contributed by atoms with Gasteiger partial charge in [0, 0.05) is 10.1 Å². The lowest BCUT2D eigenvalue weighted by Gasteiger charge is -2.41. The lowest BCUT2D eigenvalue weighted by Crippen LogP contribution is -2.34. The summed E-state index contributed by atoms with van der Waals surface area (Å²) >= 11 is 1.75. The average Bonchev–Trinajstić information content (AvgIpc) is 2.49. The number of hydrogen-bond donors (Lipinski definition) is 0. The fourth-order valence-corrected chi connectivity index (χ4v) is 4.43. The van der Waals surface area contributed by atoms with E-state index in [2.05, 4.69) is 26.8 Å². The monoisotopic (exact) mass is 305 g/mol. The second kappa shape index (κ2) is 6.83. The van der Waals surface area contributed by atoms with Crippen LogP contribution in [0, 0.1) is 34.4 Å². The standard InChI is InChI=1S/C18H24FNS/c1-4-18(2,3)14-6-5-13(12-20)17(11-14)21-16-9-7-15(19)8-10-16/h7-10,13-14,17H,4-6,11H2,1-3H3. The third-order valence-electron chi connectivity index (χ3n) is 5.08. The second-order valence-electron chi connectivity index (χ2n) is 6.70. The van der Waals surface area contributed by atoms with Crippen LogP contribution in [0.15, 0.2) is 29.2 Å². The van der Waals surface area contributed by atoms with Crippen molar-refractivity contribution < 1.29 is 4.39 Å². The van der Waals surface area contributed by atoms with Gasteiger partial charge < -0.3 is 0 Å². The molecule has 114 valence electrons. The van der Waals surface area contributed by atoms with Crippen LogP contribution in [0.5, 0.6) is 0 Å². The van der Waals surface area contributed by atoms with E-state index in [-0.39, 0.29) is 11.7 Å². The minimum atomic E-state index is -0.204. The number of nitrogens with zero attached hydrogens (tertiary/aromatic N) is 1. The van der Waals surface area contributed by atoms with E-state index in [9.17, 15) is 9.65 Å². The summed E-state index contributed by atoms with van der Waals surface area (Å²) in [6, 6.07) is 9.13. The Bertz CT molecular complexity index is 503. The summed E-state index contributed by atoms with van der Waals surface area (Å²) in [6.07, 6.45) is 4.40. The predicted molar refractivity (Wildman–Crippen MR) is 86.6 cm³/mol. The first-order valence-corrected chi connectivity index (χ1v) is 8.66. The molecule has 1 aliphatic rings. The van der Waals surface area contributed by atoms with Crippen LogP contribution in [-0.4, -0.2) is 5.25 Å². The van der Waals surface area contributed by atoms with Crippen LogP contribution < -0.4 is 0 Å². The van der Waals surface area contributed by atoms with E-state index in [1.54, 1.807) is 11.8 Å². The molecule has 0 aliphatic heterocycles. The Labute approximate surface area is 131 Å². The van der Waals surface area contributed by atoms with Crippen molar-refractivity contribution in [2.24, 2.45) is 17.3 Å². The summed E-state index contributed by atoms with van der Waals surface area (Å²) in [5, 5.41) is 9.73. The fraction of sp³-hybridized carbons (Fsp3) is 0.611. The molecule has 0 aromatic heterocycles. The first-order chi connectivity index (χ1) is 9.96. The molecule has 2 rings (SSSR count). The molecule has 3 unspecified atom stereocenters. The molecule has 1 aromatic carbocycles. The molecule has 1 nitrogen and oxygen atoms in total. The van der Waals surface area contributed by atoms with Crippen LogP contribution in [0.3, 0.4) is 0 Å². The van der Waals surface area contributed by atoms with Gasteiger partial charge >= 0.3 is 0 Å². The molecule has 1 fully saturated rings. The highest BCUT2D eigenvalue weighted by Crippen LogP contribution is 2.46. The van der Waals surface area contributed by atoms with Gasteiger partial charge in [0.25, 0.3) is 0 Å². The Morgan fingerprint density at radius 3 is 2.52 bits per heavy atom. The lowest BCUT2D eigenvalue weighted by atomic mass is 9.67. The third-order valence-corrected chi connectivity index (χ3v) is 6.44. The van der Waals surface area contributed by atoms with E-state index in [4.69, 9.17) is 0 Å². The molecule has 0 amide bonds. The molecule has 0 bridgehead atoms. The Hall–Kier alpha value is -1.01. The van der Waals surface area contributed by atoms with Crippen molar-refractivity contribution in [2.75, 3.05) is 0 Å². The molecule has 0 N–H and O–H groups in total. The molecule has 3 heteroatoms. The number of halogens is 1. The van der Waals surface area contributed by atoms with Crippen LogP contribution in [0.2, 0.25) is 0 Å². The topological polar surface area (TPSA) is 23.8 Å². The molecule has 21 heavy (non-hydrogen) atoms. The Morgan fingerprint density at radius 2 is 1.95 bits per heavy atom. The van der Waals surface area contributed by atoms with Gasteiger partial charge in [-0.25, -0.2) is 4.39 Å². The zero-order valence-electron chi connectivity index (χ0n) is 13.1. The minimum absolute atomic E-state index is 0.115. The number of thioether (sulfide) groups is 1. The quantitative estimate of drug-likeness (QED) is 0.716. The van der Waals surface area contributed by atoms with Crippen molar-refractivity contribution in [3.8, 4) is 6.07 Å². The van der Waals surface area contributed by atoms with E-state index < -0.39 is 0 Å². The summed E-state index contributed by atoms with van der Waals surface area (Å²) < 4.78 is 13.0. The summed E-state index contributed by atoms with van der Waals surface area (Å²) in [6.45, 7) is 6.92. The largest absolute Gasteiger partial charge is 0.207 e. The van der Waals surface area contributed by atoms with Gasteiger partial charge in [0.2, 0.25) is 0 Å². The number of hydrogen-bond acceptors (Lipinski definition) is 2. The van der Waals surface area contributed by atoms with Gasteiger partial charge in [-0.05, 0) is 54.9 Å². The lowest BCUT2D eigenvalue weighted by molar-refractivity contribution is 0.144. The molecule has 0 radical (unpaired) electrons. The van der Waals surface area contributed by atoms with Gasteiger partial charge in [-0.1, -0.05) is 27.2 Å². The zero-order chi connectivity index (χ0) is 15.5. The highest BCUT2D eigenvalue weighted by atomic mass is 32.2. The van der Waals surface area contributed by atoms with Crippen molar-refractivity contribution in [3.63, 3.8) is 0 Å². The van der Waals surface area contributed by atoms with Crippen LogP contribution in [-0.2, 0) is 0 Å². The molecule has 0 heterocycles. The van der Waals surface area contributed by atoms with Gasteiger partial charge in [0.15, 0.2) is 0 Å². The average molecular weight is 305 g/mol. The first kappa shape index (κ1) is 16.4. The predicted octanol–water partition coefficient (Wildman–Crippen LogP) is 5.66. The van der Waals surface area contributed by atoms with Crippen molar-refractivity contribution in [1.29, 1.82) is 5.26 Å². The number of benzene rings is 1. The van der Waals surface area contributed by atoms with Crippen molar-refractivity contribution >= 4 is 11.8 Å². The molecular weight excluding hydrogens is 281 g/mol. The highest BCUT2D eigenvalue weighted by Gasteiger charge is 2.37. The van der Waals surface area contributed by atoms with E-state index in [0.717, 1.165) is 24.2 Å². The van der Waals surface area contributed by atoms with Crippen LogP contribution in [0.1, 0.15) is 46.5 Å². The SMILES string of the molecule is CCC(C)(C)C1CCC(C#N)C(Sc2ccc(F)cc2)C1. The molecule has 0 saturated heterocycles. The molecule has 1 saturated carbocycles. The summed E-state index contributed by atoms with van der Waals surface area (Å²) in [7, 11) is 0. The molecule has 3 atom stereocenters.